The molecule has 3 aromatic rings. The third-order valence-corrected chi connectivity index (χ3v) is 6.95. The van der Waals surface area contributed by atoms with E-state index in [2.05, 4.69) is 20.2 Å². The minimum atomic E-state index is -0.877. The molecule has 0 saturated carbocycles. The number of aliphatic hydroxyl groups excluding tert-OH is 2. The molecule has 1 aliphatic heterocycles. The first-order chi connectivity index (χ1) is 18.9. The minimum absolute atomic E-state index is 0.0370. The summed E-state index contributed by atoms with van der Waals surface area (Å²) < 4.78 is 50.1. The topological polar surface area (TPSA) is 118 Å². The number of nitrogens with one attached hydrogen (secondary N) is 1. The first kappa shape index (κ1) is 28.1. The van der Waals surface area contributed by atoms with Gasteiger partial charge in [0.2, 0.25) is 5.95 Å². The van der Waals surface area contributed by atoms with Gasteiger partial charge in [0, 0.05) is 36.3 Å². The summed E-state index contributed by atoms with van der Waals surface area (Å²) >= 11 is 0. The Kier molecular flexibility index (Phi) is 8.87. The van der Waals surface area contributed by atoms with E-state index in [0.717, 1.165) is 11.8 Å². The fraction of sp³-hybridized carbons (Fsp3) is 0.407. The lowest BCUT2D eigenvalue weighted by molar-refractivity contribution is 0.0340. The van der Waals surface area contributed by atoms with Gasteiger partial charge in [0.1, 0.15) is 12.4 Å². The summed E-state index contributed by atoms with van der Waals surface area (Å²) in [6.07, 6.45) is 4.12. The number of halogens is 2. The van der Waals surface area contributed by atoms with Gasteiger partial charge >= 0.3 is 0 Å². The molecule has 10 nitrogen and oxygen atoms in total. The van der Waals surface area contributed by atoms with E-state index in [9.17, 15) is 19.0 Å². The number of aromatic nitrogens is 2. The van der Waals surface area contributed by atoms with Crippen molar-refractivity contribution in [2.24, 2.45) is 5.41 Å². The van der Waals surface area contributed by atoms with Crippen LogP contribution >= 0.6 is 0 Å². The van der Waals surface area contributed by atoms with E-state index in [4.69, 9.17) is 18.9 Å². The lowest BCUT2D eigenvalue weighted by Crippen LogP contribution is -2.44. The molecular formula is C27H32F2N4O6. The summed E-state index contributed by atoms with van der Waals surface area (Å²) in [6, 6.07) is 6.75. The zero-order valence-corrected chi connectivity index (χ0v) is 22.0. The summed E-state index contributed by atoms with van der Waals surface area (Å²) in [4.78, 5) is 10.6. The Bertz CT molecular complexity index is 1240. The summed E-state index contributed by atoms with van der Waals surface area (Å²) in [5, 5.41) is 22.4. The number of hydrogen-bond donors (Lipinski definition) is 3. The van der Waals surface area contributed by atoms with Crippen molar-refractivity contribution in [1.29, 1.82) is 0 Å². The van der Waals surface area contributed by atoms with Gasteiger partial charge in [-0.15, -0.1) is 0 Å². The summed E-state index contributed by atoms with van der Waals surface area (Å²) in [5.74, 6) is -0.929. The van der Waals surface area contributed by atoms with Crippen molar-refractivity contribution >= 4 is 17.3 Å². The number of benzene rings is 2. The number of nitrogens with zero attached hydrogens (tertiary/aromatic N) is 3. The number of anilines is 3. The molecule has 4 rings (SSSR count). The Hall–Kier alpha value is -3.90. The van der Waals surface area contributed by atoms with Crippen molar-refractivity contribution < 1.29 is 37.9 Å². The van der Waals surface area contributed by atoms with Crippen LogP contribution in [0.15, 0.2) is 36.7 Å². The van der Waals surface area contributed by atoms with E-state index in [1.54, 1.807) is 7.11 Å². The quantitative estimate of drug-likeness (QED) is 0.329. The molecular weight excluding hydrogens is 514 g/mol. The smallest absolute Gasteiger partial charge is 0.227 e. The maximum absolute atomic E-state index is 14.6. The van der Waals surface area contributed by atoms with Gasteiger partial charge in [-0.2, -0.15) is 0 Å². The predicted molar refractivity (Wildman–Crippen MR) is 140 cm³/mol. The van der Waals surface area contributed by atoms with Gasteiger partial charge in [0.15, 0.2) is 28.9 Å². The number of hydrogen-bond acceptors (Lipinski definition) is 10. The lowest BCUT2D eigenvalue weighted by atomic mass is 9.80. The highest BCUT2D eigenvalue weighted by Gasteiger charge is 2.34. The second-order valence-electron chi connectivity index (χ2n) is 9.23. The van der Waals surface area contributed by atoms with Gasteiger partial charge in [-0.25, -0.2) is 18.7 Å². The number of aliphatic hydroxyl groups is 2. The van der Waals surface area contributed by atoms with Crippen LogP contribution in [-0.4, -0.2) is 67.8 Å². The highest BCUT2D eigenvalue weighted by molar-refractivity contribution is 5.67. The van der Waals surface area contributed by atoms with Gasteiger partial charge in [0.05, 0.1) is 58.2 Å². The zero-order chi connectivity index (χ0) is 28.0. The van der Waals surface area contributed by atoms with Gasteiger partial charge in [-0.3, -0.25) is 0 Å². The van der Waals surface area contributed by atoms with E-state index < -0.39 is 23.7 Å². The molecule has 1 saturated heterocycles. The van der Waals surface area contributed by atoms with E-state index in [1.807, 2.05) is 18.2 Å². The second-order valence-corrected chi connectivity index (χ2v) is 9.23. The molecule has 39 heavy (non-hydrogen) atoms. The van der Waals surface area contributed by atoms with Crippen LogP contribution in [0.5, 0.6) is 23.0 Å². The lowest BCUT2D eigenvalue weighted by Gasteiger charge is -2.40. The Balaban J connectivity index is 1.41. The first-order valence-electron chi connectivity index (χ1n) is 12.3. The van der Waals surface area contributed by atoms with Crippen molar-refractivity contribution in [3.63, 3.8) is 0 Å². The molecule has 0 aliphatic carbocycles. The molecule has 0 spiro atoms. The van der Waals surface area contributed by atoms with Crippen molar-refractivity contribution in [2.75, 3.05) is 57.8 Å². The minimum Gasteiger partial charge on any atom is -0.495 e. The molecule has 2 aromatic carbocycles. The Labute approximate surface area is 225 Å². The molecule has 2 heterocycles. The van der Waals surface area contributed by atoms with Gasteiger partial charge in [-0.1, -0.05) is 0 Å². The summed E-state index contributed by atoms with van der Waals surface area (Å²) in [7, 11) is 4.14. The van der Waals surface area contributed by atoms with E-state index in [1.165, 1.54) is 26.6 Å². The van der Waals surface area contributed by atoms with Crippen molar-refractivity contribution in [3.05, 3.63) is 53.9 Å². The van der Waals surface area contributed by atoms with E-state index in [0.29, 0.717) is 37.4 Å². The molecule has 0 bridgehead atoms. The Morgan fingerprint density at radius 1 is 0.897 bits per heavy atom. The van der Waals surface area contributed by atoms with Crippen LogP contribution < -0.4 is 29.2 Å². The highest BCUT2D eigenvalue weighted by atomic mass is 19.1. The van der Waals surface area contributed by atoms with Crippen molar-refractivity contribution in [2.45, 2.75) is 19.4 Å². The van der Waals surface area contributed by atoms with E-state index in [-0.39, 0.29) is 42.0 Å². The standard InChI is InChI=1S/C27H32F2N4O6/c1-36-21-10-17(4-5-20(21)33-8-6-27(15-34,16-35)7-9-33)32-26-30-12-18(13-31-26)39-14-19-24(28)22(37-2)11-23(38-3)25(19)29/h4-5,10-13,34-35H,6-9,14-16H2,1-3H3,(H,30,31,32). The average molecular weight is 547 g/mol. The predicted octanol–water partition coefficient (Wildman–Crippen LogP) is 3.67. The number of rotatable bonds is 11. The van der Waals surface area contributed by atoms with Crippen molar-refractivity contribution in [1.82, 2.24) is 9.97 Å². The molecule has 210 valence electrons. The van der Waals surface area contributed by atoms with Crippen LogP contribution in [0, 0.1) is 17.0 Å². The van der Waals surface area contributed by atoms with Crippen LogP contribution in [0.4, 0.5) is 26.1 Å². The van der Waals surface area contributed by atoms with Gasteiger partial charge in [0.25, 0.3) is 0 Å². The second kappa shape index (κ2) is 12.3. The van der Waals surface area contributed by atoms with Gasteiger partial charge in [-0.05, 0) is 25.0 Å². The number of ether oxygens (including phenoxy) is 4. The van der Waals surface area contributed by atoms with Crippen LogP contribution in [0.3, 0.4) is 0 Å². The fourth-order valence-corrected chi connectivity index (χ4v) is 4.41. The average Bonchev–Trinajstić information content (AvgIpc) is 2.98. The highest BCUT2D eigenvalue weighted by Crippen LogP contribution is 2.38. The van der Waals surface area contributed by atoms with E-state index >= 15 is 0 Å². The Morgan fingerprint density at radius 2 is 1.49 bits per heavy atom. The zero-order valence-electron chi connectivity index (χ0n) is 22.0. The maximum Gasteiger partial charge on any atom is 0.227 e. The molecule has 3 N–H and O–H groups in total. The fourth-order valence-electron chi connectivity index (χ4n) is 4.41. The summed E-state index contributed by atoms with van der Waals surface area (Å²) in [6.45, 7) is 0.875. The summed E-state index contributed by atoms with van der Waals surface area (Å²) in [5.41, 5.74) is 0.814. The van der Waals surface area contributed by atoms with Gasteiger partial charge < -0.3 is 39.4 Å². The maximum atomic E-state index is 14.6. The Morgan fingerprint density at radius 3 is 2.03 bits per heavy atom. The number of methoxy groups -OCH3 is 3. The van der Waals surface area contributed by atoms with Crippen molar-refractivity contribution in [3.8, 4) is 23.0 Å². The third kappa shape index (κ3) is 6.07. The molecule has 1 aliphatic rings. The van der Waals surface area contributed by atoms with Crippen LogP contribution in [-0.2, 0) is 6.61 Å². The molecule has 0 atom stereocenters. The van der Waals surface area contributed by atoms with Crippen LogP contribution in [0.1, 0.15) is 18.4 Å². The first-order valence-corrected chi connectivity index (χ1v) is 12.3. The van der Waals surface area contributed by atoms with Crippen LogP contribution in [0.2, 0.25) is 0 Å². The molecule has 1 aromatic heterocycles. The monoisotopic (exact) mass is 546 g/mol. The largest absolute Gasteiger partial charge is 0.495 e. The number of piperidine rings is 1. The molecule has 1 fully saturated rings. The van der Waals surface area contributed by atoms with Crippen LogP contribution in [0.25, 0.3) is 0 Å². The SMILES string of the molecule is COc1cc(Nc2ncc(OCc3c(F)c(OC)cc(OC)c3F)cn2)ccc1N1CCC(CO)(CO)CC1. The molecule has 0 radical (unpaired) electrons. The third-order valence-electron chi connectivity index (χ3n) is 6.95. The molecule has 0 unspecified atom stereocenters. The normalized spacial score (nSPS) is 14.6. The molecule has 0 amide bonds. The molecule has 12 heteroatoms.